The van der Waals surface area contributed by atoms with Crippen LogP contribution in [0, 0.1) is 6.92 Å². The first-order chi connectivity index (χ1) is 12.0. The molecule has 128 valence electrons. The molecule has 2 amide bonds. The van der Waals surface area contributed by atoms with Crippen LogP contribution in [0.25, 0.3) is 10.6 Å². The zero-order valence-electron chi connectivity index (χ0n) is 13.6. The van der Waals surface area contributed by atoms with Gasteiger partial charge in [-0.1, -0.05) is 47.2 Å². The summed E-state index contributed by atoms with van der Waals surface area (Å²) in [6, 6.07) is 10.7. The molecule has 0 aliphatic heterocycles. The number of amides is 2. The lowest BCUT2D eigenvalue weighted by Gasteiger charge is -2.11. The van der Waals surface area contributed by atoms with Gasteiger partial charge in [0.2, 0.25) is 11.0 Å². The van der Waals surface area contributed by atoms with Crippen molar-refractivity contribution in [1.82, 2.24) is 15.5 Å². The minimum absolute atomic E-state index is 0.268. The number of carbonyl (C=O) groups is 2. The number of aromatic nitrogens is 2. The molecule has 0 radical (unpaired) electrons. The van der Waals surface area contributed by atoms with Gasteiger partial charge in [-0.15, -0.1) is 21.5 Å². The van der Waals surface area contributed by atoms with Crippen molar-refractivity contribution in [3.63, 3.8) is 0 Å². The van der Waals surface area contributed by atoms with Crippen molar-refractivity contribution >= 4 is 39.6 Å². The van der Waals surface area contributed by atoms with Gasteiger partial charge in [-0.2, -0.15) is 0 Å². The van der Waals surface area contributed by atoms with E-state index in [0.29, 0.717) is 10.0 Å². The molecular formula is C17H16N4O2S2. The van der Waals surface area contributed by atoms with Crippen molar-refractivity contribution in [2.45, 2.75) is 19.9 Å². The highest BCUT2D eigenvalue weighted by Crippen LogP contribution is 2.26. The maximum Gasteiger partial charge on any atom is 0.261 e. The summed E-state index contributed by atoms with van der Waals surface area (Å²) in [6.07, 6.45) is 0. The number of nitrogens with zero attached hydrogens (tertiary/aromatic N) is 2. The Morgan fingerprint density at radius 2 is 1.88 bits per heavy atom. The molecule has 8 heteroatoms. The zero-order valence-corrected chi connectivity index (χ0v) is 15.3. The number of nitrogens with one attached hydrogen (secondary N) is 2. The van der Waals surface area contributed by atoms with Crippen LogP contribution in [-0.2, 0) is 4.79 Å². The number of hydrogen-bond acceptors (Lipinski definition) is 6. The first-order valence-electron chi connectivity index (χ1n) is 7.58. The maximum absolute atomic E-state index is 12.2. The third-order valence-corrected chi connectivity index (χ3v) is 5.20. The van der Waals surface area contributed by atoms with Gasteiger partial charge in [0.05, 0.1) is 4.88 Å². The largest absolute Gasteiger partial charge is 0.340 e. The highest BCUT2D eigenvalue weighted by molar-refractivity contribution is 7.18. The van der Waals surface area contributed by atoms with Crippen molar-refractivity contribution < 1.29 is 9.59 Å². The molecule has 0 spiro atoms. The Morgan fingerprint density at radius 3 is 2.56 bits per heavy atom. The Balaban J connectivity index is 1.61. The van der Waals surface area contributed by atoms with E-state index in [2.05, 4.69) is 20.8 Å². The number of benzene rings is 1. The molecule has 0 bridgehead atoms. The van der Waals surface area contributed by atoms with Crippen molar-refractivity contribution in [2.24, 2.45) is 0 Å². The number of aryl methyl sites for hydroxylation is 1. The second-order valence-electron chi connectivity index (χ2n) is 5.44. The smallest absolute Gasteiger partial charge is 0.261 e. The molecule has 1 aromatic carbocycles. The Bertz CT molecular complexity index is 872. The average molecular weight is 372 g/mol. The van der Waals surface area contributed by atoms with Crippen LogP contribution in [0.5, 0.6) is 0 Å². The summed E-state index contributed by atoms with van der Waals surface area (Å²) in [7, 11) is 0. The third kappa shape index (κ3) is 4.28. The summed E-state index contributed by atoms with van der Waals surface area (Å²) in [5.41, 5.74) is 2.11. The van der Waals surface area contributed by atoms with E-state index < -0.39 is 6.04 Å². The van der Waals surface area contributed by atoms with Gasteiger partial charge in [-0.3, -0.25) is 14.9 Å². The van der Waals surface area contributed by atoms with E-state index in [9.17, 15) is 9.59 Å². The van der Waals surface area contributed by atoms with Crippen LogP contribution in [0.3, 0.4) is 0 Å². The summed E-state index contributed by atoms with van der Waals surface area (Å²) < 4.78 is 0. The van der Waals surface area contributed by atoms with E-state index in [1.807, 2.05) is 36.6 Å². The first-order valence-corrected chi connectivity index (χ1v) is 9.28. The minimum Gasteiger partial charge on any atom is -0.340 e. The fourth-order valence-corrected chi connectivity index (χ4v) is 3.42. The Morgan fingerprint density at radius 1 is 1.12 bits per heavy atom. The SMILES string of the molecule is Cc1ccc(-c2nnc(NC(=O)C(C)NC(=O)c3cccs3)s2)cc1. The van der Waals surface area contributed by atoms with Crippen LogP contribution in [-0.4, -0.2) is 28.1 Å². The molecule has 0 fully saturated rings. The second kappa shape index (κ2) is 7.54. The van der Waals surface area contributed by atoms with E-state index >= 15 is 0 Å². The Hall–Kier alpha value is -2.58. The molecule has 3 rings (SSSR count). The second-order valence-corrected chi connectivity index (χ2v) is 7.37. The number of carbonyl (C=O) groups excluding carboxylic acids is 2. The molecule has 1 atom stereocenters. The van der Waals surface area contributed by atoms with Gasteiger partial charge in [0.25, 0.3) is 5.91 Å². The fourth-order valence-electron chi connectivity index (χ4n) is 2.04. The van der Waals surface area contributed by atoms with E-state index in [0.717, 1.165) is 16.1 Å². The van der Waals surface area contributed by atoms with Crippen LogP contribution in [0.2, 0.25) is 0 Å². The molecular weight excluding hydrogens is 356 g/mol. The van der Waals surface area contributed by atoms with Gasteiger partial charge in [-0.05, 0) is 25.3 Å². The molecule has 2 heterocycles. The van der Waals surface area contributed by atoms with Gasteiger partial charge in [-0.25, -0.2) is 0 Å². The number of anilines is 1. The average Bonchev–Trinajstić information content (AvgIpc) is 3.27. The molecule has 2 N–H and O–H groups in total. The standard InChI is InChI=1S/C17H16N4O2S2/c1-10-5-7-12(8-6-10)16-20-21-17(25-16)19-14(22)11(2)18-15(23)13-4-3-9-24-13/h3-9,11H,1-2H3,(H,18,23)(H,19,21,22). The van der Waals surface area contributed by atoms with Gasteiger partial charge < -0.3 is 5.32 Å². The monoisotopic (exact) mass is 372 g/mol. The van der Waals surface area contributed by atoms with Crippen LogP contribution >= 0.6 is 22.7 Å². The van der Waals surface area contributed by atoms with Crippen molar-refractivity contribution in [2.75, 3.05) is 5.32 Å². The number of hydrogen-bond donors (Lipinski definition) is 2. The van der Waals surface area contributed by atoms with E-state index in [4.69, 9.17) is 0 Å². The van der Waals surface area contributed by atoms with Crippen molar-refractivity contribution in [3.05, 3.63) is 52.2 Å². The van der Waals surface area contributed by atoms with Gasteiger partial charge >= 0.3 is 0 Å². The quantitative estimate of drug-likeness (QED) is 0.719. The zero-order chi connectivity index (χ0) is 17.8. The summed E-state index contributed by atoms with van der Waals surface area (Å²) in [6.45, 7) is 3.64. The first kappa shape index (κ1) is 17.2. The Labute approximate surface area is 152 Å². The molecule has 0 aliphatic carbocycles. The normalized spacial score (nSPS) is 11.8. The van der Waals surface area contributed by atoms with Gasteiger partial charge in [0.1, 0.15) is 11.0 Å². The molecule has 0 saturated heterocycles. The molecule has 2 aromatic heterocycles. The van der Waals surface area contributed by atoms with E-state index in [1.54, 1.807) is 19.1 Å². The minimum atomic E-state index is -0.679. The molecule has 6 nitrogen and oxygen atoms in total. The predicted octanol–water partition coefficient (Wildman–Crippen LogP) is 3.33. The van der Waals surface area contributed by atoms with Crippen molar-refractivity contribution in [3.8, 4) is 10.6 Å². The molecule has 25 heavy (non-hydrogen) atoms. The molecule has 0 saturated carbocycles. The summed E-state index contributed by atoms with van der Waals surface area (Å²) in [5.74, 6) is -0.605. The lowest BCUT2D eigenvalue weighted by atomic mass is 10.2. The van der Waals surface area contributed by atoms with Gasteiger partial charge in [0, 0.05) is 5.56 Å². The summed E-state index contributed by atoms with van der Waals surface area (Å²) >= 11 is 2.62. The predicted molar refractivity (Wildman–Crippen MR) is 100.0 cm³/mol. The van der Waals surface area contributed by atoms with Crippen LogP contribution in [0.15, 0.2) is 41.8 Å². The van der Waals surface area contributed by atoms with Crippen LogP contribution < -0.4 is 10.6 Å². The highest BCUT2D eigenvalue weighted by atomic mass is 32.1. The Kier molecular flexibility index (Phi) is 5.20. The topological polar surface area (TPSA) is 84.0 Å². The lowest BCUT2D eigenvalue weighted by Crippen LogP contribution is -2.41. The van der Waals surface area contributed by atoms with Crippen LogP contribution in [0.1, 0.15) is 22.2 Å². The molecule has 0 aliphatic rings. The number of thiophene rings is 1. The van der Waals surface area contributed by atoms with Crippen molar-refractivity contribution in [1.29, 1.82) is 0 Å². The lowest BCUT2D eigenvalue weighted by molar-refractivity contribution is -0.117. The number of rotatable bonds is 5. The van der Waals surface area contributed by atoms with Crippen LogP contribution in [0.4, 0.5) is 5.13 Å². The summed E-state index contributed by atoms with van der Waals surface area (Å²) in [4.78, 5) is 24.8. The fraction of sp³-hybridized carbons (Fsp3) is 0.176. The summed E-state index contributed by atoms with van der Waals surface area (Å²) in [5, 5.41) is 16.4. The molecule has 1 unspecified atom stereocenters. The van der Waals surface area contributed by atoms with E-state index in [1.165, 1.54) is 22.7 Å². The third-order valence-electron chi connectivity index (χ3n) is 3.44. The maximum atomic E-state index is 12.2. The van der Waals surface area contributed by atoms with Gasteiger partial charge in [0.15, 0.2) is 0 Å². The van der Waals surface area contributed by atoms with E-state index in [-0.39, 0.29) is 11.8 Å². The highest BCUT2D eigenvalue weighted by Gasteiger charge is 2.19. The molecule has 3 aromatic rings.